The molecule has 0 N–H and O–H groups in total. The lowest BCUT2D eigenvalue weighted by Crippen LogP contribution is -1.86. The standard InChI is InChI=1S/C24H18O2/c1-3-11-21(12-4-1)25-23-15-7-9-19(17-23)20-10-8-16-24(18-20)26-22-13-5-2-6-14-22/h1-18H. The molecule has 0 aliphatic carbocycles. The van der Waals surface area contributed by atoms with Gasteiger partial charge in [0.25, 0.3) is 0 Å². The Morgan fingerprint density at radius 1 is 0.346 bits per heavy atom. The number of ether oxygens (including phenoxy) is 2. The fraction of sp³-hybridized carbons (Fsp3) is 0. The summed E-state index contributed by atoms with van der Waals surface area (Å²) in [6, 6.07) is 35.7. The highest BCUT2D eigenvalue weighted by atomic mass is 16.5. The summed E-state index contributed by atoms with van der Waals surface area (Å²) in [5, 5.41) is 0. The van der Waals surface area contributed by atoms with E-state index in [1.54, 1.807) is 0 Å². The van der Waals surface area contributed by atoms with Gasteiger partial charge in [0.2, 0.25) is 0 Å². The van der Waals surface area contributed by atoms with Crippen molar-refractivity contribution in [1.82, 2.24) is 0 Å². The van der Waals surface area contributed by atoms with Crippen LogP contribution in [0.15, 0.2) is 109 Å². The van der Waals surface area contributed by atoms with E-state index in [0.717, 1.165) is 34.1 Å². The maximum atomic E-state index is 5.94. The van der Waals surface area contributed by atoms with Gasteiger partial charge in [-0.25, -0.2) is 0 Å². The van der Waals surface area contributed by atoms with Crippen LogP contribution in [-0.4, -0.2) is 0 Å². The fourth-order valence-electron chi connectivity index (χ4n) is 2.73. The number of hydrogen-bond donors (Lipinski definition) is 0. The van der Waals surface area contributed by atoms with Gasteiger partial charge in [0.15, 0.2) is 0 Å². The summed E-state index contributed by atoms with van der Waals surface area (Å²) in [5.74, 6) is 3.27. The van der Waals surface area contributed by atoms with Gasteiger partial charge in [-0.3, -0.25) is 0 Å². The molecule has 4 aromatic carbocycles. The second-order valence-electron chi connectivity index (χ2n) is 5.89. The van der Waals surface area contributed by atoms with E-state index < -0.39 is 0 Å². The van der Waals surface area contributed by atoms with Crippen LogP contribution < -0.4 is 9.47 Å². The Bertz CT molecular complexity index is 896. The van der Waals surface area contributed by atoms with E-state index in [4.69, 9.17) is 9.47 Å². The van der Waals surface area contributed by atoms with Crippen molar-refractivity contribution in [2.75, 3.05) is 0 Å². The van der Waals surface area contributed by atoms with E-state index in [1.807, 2.05) is 97.1 Å². The molecule has 2 nitrogen and oxygen atoms in total. The summed E-state index contributed by atoms with van der Waals surface area (Å²) in [7, 11) is 0. The lowest BCUT2D eigenvalue weighted by Gasteiger charge is -2.10. The highest BCUT2D eigenvalue weighted by Crippen LogP contribution is 2.30. The van der Waals surface area contributed by atoms with Gasteiger partial charge < -0.3 is 9.47 Å². The van der Waals surface area contributed by atoms with Crippen LogP contribution in [0.2, 0.25) is 0 Å². The summed E-state index contributed by atoms with van der Waals surface area (Å²) < 4.78 is 11.9. The highest BCUT2D eigenvalue weighted by molar-refractivity contribution is 5.67. The molecular weight excluding hydrogens is 320 g/mol. The van der Waals surface area contributed by atoms with E-state index in [9.17, 15) is 0 Å². The third kappa shape index (κ3) is 3.93. The molecule has 4 aromatic rings. The number of hydrogen-bond acceptors (Lipinski definition) is 2. The molecule has 2 heteroatoms. The maximum absolute atomic E-state index is 5.94. The lowest BCUT2D eigenvalue weighted by atomic mass is 10.1. The average Bonchev–Trinajstić information content (AvgIpc) is 2.70. The molecule has 0 amide bonds. The van der Waals surface area contributed by atoms with Crippen molar-refractivity contribution >= 4 is 0 Å². The summed E-state index contributed by atoms with van der Waals surface area (Å²) in [6.07, 6.45) is 0. The quantitative estimate of drug-likeness (QED) is 0.392. The van der Waals surface area contributed by atoms with Crippen LogP contribution in [0.1, 0.15) is 0 Å². The monoisotopic (exact) mass is 338 g/mol. The molecule has 0 unspecified atom stereocenters. The van der Waals surface area contributed by atoms with Gasteiger partial charge in [-0.15, -0.1) is 0 Å². The minimum absolute atomic E-state index is 0.808. The first-order valence-corrected chi connectivity index (χ1v) is 8.53. The van der Waals surface area contributed by atoms with E-state index >= 15 is 0 Å². The van der Waals surface area contributed by atoms with Crippen molar-refractivity contribution in [2.45, 2.75) is 0 Å². The van der Waals surface area contributed by atoms with Crippen LogP contribution in [0.25, 0.3) is 11.1 Å². The van der Waals surface area contributed by atoms with Gasteiger partial charge in [0.05, 0.1) is 0 Å². The molecule has 0 aliphatic heterocycles. The summed E-state index contributed by atoms with van der Waals surface area (Å²) in [5.41, 5.74) is 2.16. The van der Waals surface area contributed by atoms with Crippen LogP contribution in [0, 0.1) is 0 Å². The molecule has 0 radical (unpaired) electrons. The largest absolute Gasteiger partial charge is 0.457 e. The van der Waals surface area contributed by atoms with Gasteiger partial charge in [-0.1, -0.05) is 60.7 Å². The first-order chi connectivity index (χ1) is 12.9. The van der Waals surface area contributed by atoms with E-state index in [-0.39, 0.29) is 0 Å². The predicted octanol–water partition coefficient (Wildman–Crippen LogP) is 6.94. The molecule has 0 bridgehead atoms. The topological polar surface area (TPSA) is 18.5 Å². The second kappa shape index (κ2) is 7.58. The fourth-order valence-corrected chi connectivity index (χ4v) is 2.73. The molecule has 0 saturated heterocycles. The molecule has 4 rings (SSSR count). The van der Waals surface area contributed by atoms with E-state index in [0.29, 0.717) is 0 Å². The van der Waals surface area contributed by atoms with Crippen molar-refractivity contribution in [1.29, 1.82) is 0 Å². The minimum atomic E-state index is 0.808. The van der Waals surface area contributed by atoms with Gasteiger partial charge in [0.1, 0.15) is 23.0 Å². The van der Waals surface area contributed by atoms with Crippen molar-refractivity contribution in [3.05, 3.63) is 109 Å². The van der Waals surface area contributed by atoms with Crippen molar-refractivity contribution in [3.8, 4) is 34.1 Å². The van der Waals surface area contributed by atoms with E-state index in [1.165, 1.54) is 0 Å². The van der Waals surface area contributed by atoms with Gasteiger partial charge >= 0.3 is 0 Å². The smallest absolute Gasteiger partial charge is 0.128 e. The van der Waals surface area contributed by atoms with Gasteiger partial charge in [-0.05, 0) is 59.7 Å². The molecule has 0 aromatic heterocycles. The van der Waals surface area contributed by atoms with Gasteiger partial charge in [-0.2, -0.15) is 0 Å². The molecule has 0 aliphatic rings. The number of rotatable bonds is 5. The molecule has 26 heavy (non-hydrogen) atoms. The van der Waals surface area contributed by atoms with Crippen LogP contribution in [0.4, 0.5) is 0 Å². The van der Waals surface area contributed by atoms with Crippen LogP contribution >= 0.6 is 0 Å². The zero-order chi connectivity index (χ0) is 17.6. The van der Waals surface area contributed by atoms with Crippen molar-refractivity contribution in [2.24, 2.45) is 0 Å². The molecule has 126 valence electrons. The Hall–Kier alpha value is -3.52. The third-order valence-corrected chi connectivity index (χ3v) is 3.96. The summed E-state index contributed by atoms with van der Waals surface area (Å²) in [4.78, 5) is 0. The lowest BCUT2D eigenvalue weighted by molar-refractivity contribution is 0.482. The van der Waals surface area contributed by atoms with Crippen LogP contribution in [-0.2, 0) is 0 Å². The first-order valence-electron chi connectivity index (χ1n) is 8.53. The Kier molecular flexibility index (Phi) is 4.66. The van der Waals surface area contributed by atoms with Gasteiger partial charge in [0, 0.05) is 0 Å². The Morgan fingerprint density at radius 2 is 0.731 bits per heavy atom. The van der Waals surface area contributed by atoms with E-state index in [2.05, 4.69) is 12.1 Å². The molecule has 0 spiro atoms. The number of para-hydroxylation sites is 2. The normalized spacial score (nSPS) is 10.3. The zero-order valence-electron chi connectivity index (χ0n) is 14.2. The Morgan fingerprint density at radius 3 is 1.15 bits per heavy atom. The molecule has 0 fully saturated rings. The maximum Gasteiger partial charge on any atom is 0.128 e. The third-order valence-electron chi connectivity index (χ3n) is 3.96. The molecule has 0 saturated carbocycles. The first kappa shape index (κ1) is 16.0. The van der Waals surface area contributed by atoms with Crippen LogP contribution in [0.3, 0.4) is 0 Å². The zero-order valence-corrected chi connectivity index (χ0v) is 14.2. The van der Waals surface area contributed by atoms with Crippen molar-refractivity contribution in [3.63, 3.8) is 0 Å². The van der Waals surface area contributed by atoms with Crippen LogP contribution in [0.5, 0.6) is 23.0 Å². The Balaban J connectivity index is 1.57. The minimum Gasteiger partial charge on any atom is -0.457 e. The summed E-state index contributed by atoms with van der Waals surface area (Å²) >= 11 is 0. The molecule has 0 atom stereocenters. The molecule has 0 heterocycles. The number of benzene rings is 4. The SMILES string of the molecule is c1ccc(Oc2cccc(-c3cccc(Oc4ccccc4)c3)c2)cc1. The predicted molar refractivity (Wildman–Crippen MR) is 105 cm³/mol. The average molecular weight is 338 g/mol. The molecular formula is C24H18O2. The second-order valence-corrected chi connectivity index (χ2v) is 5.89. The summed E-state index contributed by atoms with van der Waals surface area (Å²) in [6.45, 7) is 0. The Labute approximate surface area is 153 Å². The van der Waals surface area contributed by atoms with Crippen molar-refractivity contribution < 1.29 is 9.47 Å². The highest BCUT2D eigenvalue weighted by Gasteiger charge is 2.04.